The maximum absolute atomic E-state index is 12.7. The molecule has 2 heterocycles. The van der Waals surface area contributed by atoms with Crippen LogP contribution in [0.2, 0.25) is 25.7 Å². The number of hydrogen-bond acceptors (Lipinski definition) is 8. The molecule has 0 unspecified atom stereocenters. The Kier molecular flexibility index (Phi) is 9.03. The normalized spacial score (nSPS) is 11.9. The van der Waals surface area contributed by atoms with Crippen LogP contribution in [0, 0.1) is 0 Å². The van der Waals surface area contributed by atoms with E-state index in [0.29, 0.717) is 12.2 Å². The highest BCUT2D eigenvalue weighted by molar-refractivity contribution is 7.93. The van der Waals surface area contributed by atoms with E-state index in [2.05, 4.69) is 35.0 Å². The van der Waals surface area contributed by atoms with E-state index in [1.165, 1.54) is 41.1 Å². The third-order valence-corrected chi connectivity index (χ3v) is 8.01. The van der Waals surface area contributed by atoms with Crippen LogP contribution in [0.5, 0.6) is 0 Å². The first-order valence-electron chi connectivity index (χ1n) is 11.5. The maximum atomic E-state index is 12.7. The number of aromatic carboxylic acids is 1. The number of nitrogens with one attached hydrogen (secondary N) is 2. The van der Waals surface area contributed by atoms with Crippen molar-refractivity contribution in [2.75, 3.05) is 16.6 Å². The lowest BCUT2D eigenvalue weighted by atomic mass is 10.1. The van der Waals surface area contributed by atoms with Crippen molar-refractivity contribution in [3.63, 3.8) is 0 Å². The second kappa shape index (κ2) is 11.9. The molecule has 12 nitrogen and oxygen atoms in total. The number of primary amides is 1. The Morgan fingerprint density at radius 1 is 1.15 bits per heavy atom. The standard InChI is InChI=1S/C23H28F2N6O6SSi/c1-39(2,3)11-10-37-13-31-21(28-17-9-6-15(12-27-17)22(33)34)18(20(26)32)19(29-31)14-4-7-16(8-5-14)30-38(35,36)23(24)25/h4-9,12,23,30H,10-11,13H2,1-3H3,(H2,26,32)(H,27,28)(H,33,34). The Morgan fingerprint density at radius 3 is 2.33 bits per heavy atom. The average molecular weight is 583 g/mol. The summed E-state index contributed by atoms with van der Waals surface area (Å²) in [7, 11) is -6.25. The van der Waals surface area contributed by atoms with E-state index < -0.39 is 35.7 Å². The fourth-order valence-electron chi connectivity index (χ4n) is 3.27. The van der Waals surface area contributed by atoms with Gasteiger partial charge in [-0.25, -0.2) is 22.9 Å². The molecule has 0 aliphatic rings. The zero-order valence-electron chi connectivity index (χ0n) is 21.3. The van der Waals surface area contributed by atoms with Crippen molar-refractivity contribution in [3.05, 3.63) is 53.7 Å². The number of ether oxygens (including phenoxy) is 1. The van der Waals surface area contributed by atoms with Gasteiger partial charge in [0.05, 0.1) is 5.56 Å². The van der Waals surface area contributed by atoms with Crippen molar-refractivity contribution in [3.8, 4) is 11.3 Å². The number of carboxylic acid groups (broad SMARTS) is 1. The highest BCUT2D eigenvalue weighted by atomic mass is 32.2. The number of pyridine rings is 1. The van der Waals surface area contributed by atoms with Gasteiger partial charge >= 0.3 is 11.7 Å². The van der Waals surface area contributed by atoms with Crippen LogP contribution in [-0.2, 0) is 21.5 Å². The van der Waals surface area contributed by atoms with E-state index >= 15 is 0 Å². The van der Waals surface area contributed by atoms with Crippen molar-refractivity contribution < 1.29 is 36.6 Å². The molecule has 0 aliphatic carbocycles. The Hall–Kier alpha value is -3.89. The largest absolute Gasteiger partial charge is 0.478 e. The molecule has 16 heteroatoms. The number of rotatable bonds is 13. The summed E-state index contributed by atoms with van der Waals surface area (Å²) in [6, 6.07) is 8.86. The van der Waals surface area contributed by atoms with E-state index in [0.717, 1.165) is 12.2 Å². The van der Waals surface area contributed by atoms with Gasteiger partial charge in [-0.1, -0.05) is 31.8 Å². The molecule has 2 aromatic heterocycles. The summed E-state index contributed by atoms with van der Waals surface area (Å²) >= 11 is 0. The number of nitrogens with two attached hydrogens (primary N) is 1. The highest BCUT2D eigenvalue weighted by Gasteiger charge is 2.26. The first-order chi connectivity index (χ1) is 18.2. The smallest absolute Gasteiger partial charge is 0.355 e. The van der Waals surface area contributed by atoms with Crippen LogP contribution in [0.4, 0.5) is 26.1 Å². The zero-order chi connectivity index (χ0) is 29.0. The maximum Gasteiger partial charge on any atom is 0.355 e. The lowest BCUT2D eigenvalue weighted by Gasteiger charge is -2.16. The molecule has 3 rings (SSSR count). The van der Waals surface area contributed by atoms with Crippen molar-refractivity contribution in [2.45, 2.75) is 38.2 Å². The molecule has 0 atom stereocenters. The van der Waals surface area contributed by atoms with Crippen LogP contribution in [0.1, 0.15) is 20.7 Å². The summed E-state index contributed by atoms with van der Waals surface area (Å²) in [5.41, 5.74) is 5.95. The molecular formula is C23H28F2N6O6SSi. The number of anilines is 3. The first-order valence-corrected chi connectivity index (χ1v) is 16.8. The minimum absolute atomic E-state index is 0.0397. The van der Waals surface area contributed by atoms with Gasteiger partial charge in [0.25, 0.3) is 15.9 Å². The molecule has 0 saturated carbocycles. The number of nitrogens with zero attached hydrogens (tertiary/aromatic N) is 3. The molecule has 39 heavy (non-hydrogen) atoms. The van der Waals surface area contributed by atoms with Crippen molar-refractivity contribution in [2.24, 2.45) is 5.73 Å². The van der Waals surface area contributed by atoms with Gasteiger partial charge in [-0.05, 0) is 30.3 Å². The fourth-order valence-corrected chi connectivity index (χ4v) is 4.58. The van der Waals surface area contributed by atoms with E-state index in [1.54, 1.807) is 4.72 Å². The molecule has 0 spiro atoms. The molecule has 210 valence electrons. The van der Waals surface area contributed by atoms with Crippen molar-refractivity contribution in [1.29, 1.82) is 0 Å². The summed E-state index contributed by atoms with van der Waals surface area (Å²) in [5, 5.41) is 16.5. The predicted octanol–water partition coefficient (Wildman–Crippen LogP) is 3.76. The van der Waals surface area contributed by atoms with Gasteiger partial charge in [0.2, 0.25) is 0 Å². The molecule has 1 amide bonds. The van der Waals surface area contributed by atoms with E-state index in [1.807, 2.05) is 0 Å². The SMILES string of the molecule is C[Si](C)(C)CCOCn1nc(-c2ccc(NS(=O)(=O)C(F)F)cc2)c(C(N)=O)c1Nc1ccc(C(=O)O)cn1. The lowest BCUT2D eigenvalue weighted by Crippen LogP contribution is -2.22. The Balaban J connectivity index is 2.00. The Bertz CT molecular complexity index is 1440. The summed E-state index contributed by atoms with van der Waals surface area (Å²) in [6.45, 7) is 6.96. The Morgan fingerprint density at radius 2 is 1.82 bits per heavy atom. The van der Waals surface area contributed by atoms with Gasteiger partial charge < -0.3 is 20.9 Å². The van der Waals surface area contributed by atoms with Gasteiger partial charge in [-0.2, -0.15) is 13.9 Å². The van der Waals surface area contributed by atoms with Crippen LogP contribution < -0.4 is 15.8 Å². The van der Waals surface area contributed by atoms with Crippen LogP contribution in [0.25, 0.3) is 11.3 Å². The van der Waals surface area contributed by atoms with E-state index in [-0.39, 0.29) is 40.9 Å². The van der Waals surface area contributed by atoms with Gasteiger partial charge in [0.15, 0.2) is 0 Å². The number of aromatic nitrogens is 3. The average Bonchev–Trinajstić information content (AvgIpc) is 3.20. The molecule has 1 aromatic carbocycles. The van der Waals surface area contributed by atoms with Crippen molar-refractivity contribution in [1.82, 2.24) is 14.8 Å². The van der Waals surface area contributed by atoms with Gasteiger partial charge in [0.1, 0.15) is 29.6 Å². The molecule has 3 aromatic rings. The molecule has 5 N–H and O–H groups in total. The van der Waals surface area contributed by atoms with E-state index in [4.69, 9.17) is 15.6 Å². The molecular weight excluding hydrogens is 554 g/mol. The van der Waals surface area contributed by atoms with E-state index in [9.17, 15) is 26.8 Å². The quantitative estimate of drug-likeness (QED) is 0.172. The van der Waals surface area contributed by atoms with Crippen LogP contribution in [0.15, 0.2) is 42.6 Å². The molecule has 0 radical (unpaired) electrons. The number of sulfonamides is 1. The third-order valence-electron chi connectivity index (χ3n) is 5.32. The molecule has 0 aliphatic heterocycles. The number of carboxylic acids is 1. The lowest BCUT2D eigenvalue weighted by molar-refractivity contribution is 0.0696. The summed E-state index contributed by atoms with van der Waals surface area (Å²) < 4.78 is 57.3. The summed E-state index contributed by atoms with van der Waals surface area (Å²) in [4.78, 5) is 27.8. The number of halogens is 2. The first kappa shape index (κ1) is 29.7. The monoisotopic (exact) mass is 582 g/mol. The number of alkyl halides is 2. The predicted molar refractivity (Wildman–Crippen MR) is 143 cm³/mol. The van der Waals surface area contributed by atoms with Crippen molar-refractivity contribution >= 4 is 47.3 Å². The van der Waals surface area contributed by atoms with Gasteiger partial charge in [-0.15, -0.1) is 0 Å². The third kappa shape index (κ3) is 7.81. The molecule has 0 bridgehead atoms. The highest BCUT2D eigenvalue weighted by Crippen LogP contribution is 2.31. The summed E-state index contributed by atoms with van der Waals surface area (Å²) in [5.74, 6) is -5.29. The zero-order valence-corrected chi connectivity index (χ0v) is 23.1. The Labute approximate surface area is 224 Å². The number of carbonyl (C=O) groups is 2. The molecule has 0 fully saturated rings. The van der Waals surface area contributed by atoms with Gasteiger partial charge in [-0.3, -0.25) is 9.52 Å². The van der Waals surface area contributed by atoms with Gasteiger partial charge in [0, 0.05) is 32.1 Å². The fraction of sp³-hybridized carbons (Fsp3) is 0.304. The minimum Gasteiger partial charge on any atom is -0.478 e. The number of hydrogen-bond donors (Lipinski definition) is 4. The second-order valence-corrected chi connectivity index (χ2v) is 16.9. The van der Waals surface area contributed by atoms with Crippen LogP contribution in [-0.4, -0.2) is 60.6 Å². The summed E-state index contributed by atoms with van der Waals surface area (Å²) in [6.07, 6.45) is 1.14. The molecule has 0 saturated heterocycles. The number of amides is 1. The van der Waals surface area contributed by atoms with Crippen LogP contribution >= 0.6 is 0 Å². The minimum atomic E-state index is -4.86. The topological polar surface area (TPSA) is 179 Å². The number of carbonyl (C=O) groups excluding carboxylic acids is 1. The second-order valence-electron chi connectivity index (χ2n) is 9.63. The van der Waals surface area contributed by atoms with Crippen LogP contribution in [0.3, 0.4) is 0 Å². The number of benzene rings is 1.